The number of aliphatic carboxylic acids is 2. The maximum Gasteiger partial charge on any atom is 0.328 e. The van der Waals surface area contributed by atoms with E-state index in [0.717, 1.165) is 0 Å². The lowest BCUT2D eigenvalue weighted by molar-refractivity contribution is -0.134. The zero-order valence-corrected chi connectivity index (χ0v) is 13.4. The number of pyridine rings is 2. The van der Waals surface area contributed by atoms with Gasteiger partial charge in [-0.3, -0.25) is 19.6 Å². The van der Waals surface area contributed by atoms with Crippen LogP contribution in [0, 0.1) is 0 Å². The Bertz CT molecular complexity index is 697. The average molecular weight is 360 g/mol. The van der Waals surface area contributed by atoms with Crippen LogP contribution in [0.1, 0.15) is 21.0 Å². The standard InChI is InChI=1S/2C6H6N2O.C4H4O4/c2*7-6(9)5-3-1-2-4-8-5;5-3(6)1-2-4(7)8/h2*1-4H,(H2,7,9);1-2H,(H,5,6)(H,7,8)/b;;2-1-. The molecule has 0 spiro atoms. The Morgan fingerprint density at radius 2 is 1.08 bits per heavy atom. The lowest BCUT2D eigenvalue weighted by atomic mass is 10.3. The minimum Gasteiger partial charge on any atom is -0.478 e. The van der Waals surface area contributed by atoms with Crippen molar-refractivity contribution in [3.05, 3.63) is 72.3 Å². The van der Waals surface area contributed by atoms with Crippen LogP contribution in [-0.4, -0.2) is 43.9 Å². The zero-order valence-electron chi connectivity index (χ0n) is 13.4. The number of carbonyl (C=O) groups is 4. The second kappa shape index (κ2) is 12.4. The van der Waals surface area contributed by atoms with Crippen molar-refractivity contribution in [1.29, 1.82) is 0 Å². The first-order valence-electron chi connectivity index (χ1n) is 6.79. The van der Waals surface area contributed by atoms with Gasteiger partial charge in [-0.1, -0.05) is 12.1 Å². The summed E-state index contributed by atoms with van der Waals surface area (Å²) in [7, 11) is 0. The molecule has 0 atom stereocenters. The number of hydrogen-bond acceptors (Lipinski definition) is 6. The van der Waals surface area contributed by atoms with E-state index in [-0.39, 0.29) is 0 Å². The van der Waals surface area contributed by atoms with Crippen molar-refractivity contribution in [2.75, 3.05) is 0 Å². The third-order valence-electron chi connectivity index (χ3n) is 2.20. The van der Waals surface area contributed by atoms with Crippen LogP contribution in [-0.2, 0) is 9.59 Å². The summed E-state index contributed by atoms with van der Waals surface area (Å²) < 4.78 is 0. The van der Waals surface area contributed by atoms with E-state index in [1.165, 1.54) is 12.4 Å². The fourth-order valence-corrected chi connectivity index (χ4v) is 1.16. The van der Waals surface area contributed by atoms with Gasteiger partial charge in [0.25, 0.3) is 11.8 Å². The molecular weight excluding hydrogens is 344 g/mol. The third kappa shape index (κ3) is 11.5. The van der Waals surface area contributed by atoms with Crippen molar-refractivity contribution in [1.82, 2.24) is 9.97 Å². The fraction of sp³-hybridized carbons (Fsp3) is 0. The van der Waals surface area contributed by atoms with Crippen LogP contribution in [0.4, 0.5) is 0 Å². The number of primary amides is 2. The molecule has 2 aromatic rings. The molecule has 2 heterocycles. The lowest BCUT2D eigenvalue weighted by Crippen LogP contribution is -2.12. The summed E-state index contributed by atoms with van der Waals surface area (Å²) in [5.41, 5.74) is 10.4. The molecule has 2 aromatic heterocycles. The highest BCUT2D eigenvalue weighted by Crippen LogP contribution is 1.89. The van der Waals surface area contributed by atoms with Gasteiger partial charge in [0.2, 0.25) is 0 Å². The second-order valence-corrected chi connectivity index (χ2v) is 4.17. The van der Waals surface area contributed by atoms with Crippen molar-refractivity contribution in [3.8, 4) is 0 Å². The summed E-state index contributed by atoms with van der Waals surface area (Å²) in [6.07, 6.45) is 4.17. The highest BCUT2D eigenvalue weighted by atomic mass is 16.4. The average Bonchev–Trinajstić information content (AvgIpc) is 2.62. The Labute approximate surface area is 147 Å². The quantitative estimate of drug-likeness (QED) is 0.551. The molecule has 0 aliphatic carbocycles. The van der Waals surface area contributed by atoms with E-state index in [1.54, 1.807) is 36.4 Å². The Kier molecular flexibility index (Phi) is 10.4. The largest absolute Gasteiger partial charge is 0.478 e. The summed E-state index contributed by atoms with van der Waals surface area (Å²) in [6.45, 7) is 0. The molecule has 0 aliphatic rings. The van der Waals surface area contributed by atoms with Gasteiger partial charge in [0.1, 0.15) is 11.4 Å². The summed E-state index contributed by atoms with van der Waals surface area (Å²) in [5.74, 6) is -3.49. The SMILES string of the molecule is NC(=O)c1ccccn1.NC(=O)c1ccccn1.O=C(O)/C=C\C(=O)O. The molecule has 10 nitrogen and oxygen atoms in total. The number of carbonyl (C=O) groups excluding carboxylic acids is 2. The van der Waals surface area contributed by atoms with Crippen molar-refractivity contribution >= 4 is 23.8 Å². The molecule has 6 N–H and O–H groups in total. The van der Waals surface area contributed by atoms with Gasteiger partial charge >= 0.3 is 11.9 Å². The topological polar surface area (TPSA) is 187 Å². The molecule has 2 amide bonds. The number of nitrogens with two attached hydrogens (primary N) is 2. The summed E-state index contributed by atoms with van der Waals surface area (Å²) in [5, 5.41) is 15.6. The van der Waals surface area contributed by atoms with Gasteiger partial charge in [-0.2, -0.15) is 0 Å². The van der Waals surface area contributed by atoms with Gasteiger partial charge in [0, 0.05) is 24.5 Å². The summed E-state index contributed by atoms with van der Waals surface area (Å²) in [4.78, 5) is 47.2. The van der Waals surface area contributed by atoms with Gasteiger partial charge in [0.05, 0.1) is 0 Å². The second-order valence-electron chi connectivity index (χ2n) is 4.17. The van der Waals surface area contributed by atoms with Crippen LogP contribution >= 0.6 is 0 Å². The number of rotatable bonds is 4. The molecule has 26 heavy (non-hydrogen) atoms. The van der Waals surface area contributed by atoms with E-state index < -0.39 is 23.8 Å². The molecule has 0 fully saturated rings. The van der Waals surface area contributed by atoms with Crippen LogP contribution in [0.2, 0.25) is 0 Å². The van der Waals surface area contributed by atoms with Crippen LogP contribution in [0.25, 0.3) is 0 Å². The van der Waals surface area contributed by atoms with E-state index in [9.17, 15) is 19.2 Å². The summed E-state index contributed by atoms with van der Waals surface area (Å²) in [6, 6.07) is 10.0. The van der Waals surface area contributed by atoms with Crippen molar-refractivity contribution < 1.29 is 29.4 Å². The van der Waals surface area contributed by atoms with Gasteiger partial charge in [0.15, 0.2) is 0 Å². The predicted octanol–water partition coefficient (Wildman–Crippen LogP) is 0.0728. The molecule has 0 aliphatic heterocycles. The van der Waals surface area contributed by atoms with E-state index in [1.807, 2.05) is 0 Å². The minimum atomic E-state index is -1.26. The van der Waals surface area contributed by atoms with Crippen molar-refractivity contribution in [2.24, 2.45) is 11.5 Å². The van der Waals surface area contributed by atoms with Gasteiger partial charge in [-0.25, -0.2) is 9.59 Å². The van der Waals surface area contributed by atoms with Crippen LogP contribution in [0.5, 0.6) is 0 Å². The fourth-order valence-electron chi connectivity index (χ4n) is 1.16. The Balaban J connectivity index is 0.000000362. The van der Waals surface area contributed by atoms with Crippen molar-refractivity contribution in [3.63, 3.8) is 0 Å². The maximum atomic E-state index is 10.4. The number of carboxylic acid groups (broad SMARTS) is 2. The Morgan fingerprint density at radius 1 is 0.731 bits per heavy atom. The first kappa shape index (κ1) is 21.9. The molecular formula is C16H16N4O6. The van der Waals surface area contributed by atoms with Gasteiger partial charge in [-0.05, 0) is 24.3 Å². The van der Waals surface area contributed by atoms with Gasteiger partial charge in [-0.15, -0.1) is 0 Å². The number of aromatic nitrogens is 2. The Morgan fingerprint density at radius 3 is 1.23 bits per heavy atom. The predicted molar refractivity (Wildman–Crippen MR) is 89.9 cm³/mol. The minimum absolute atomic E-state index is 0.303. The molecule has 0 bridgehead atoms. The van der Waals surface area contributed by atoms with Crippen LogP contribution in [0.3, 0.4) is 0 Å². The van der Waals surface area contributed by atoms with Gasteiger partial charge < -0.3 is 21.7 Å². The van der Waals surface area contributed by atoms with Crippen LogP contribution in [0.15, 0.2) is 60.9 Å². The maximum absolute atomic E-state index is 10.4. The first-order chi connectivity index (χ1) is 12.2. The third-order valence-corrected chi connectivity index (χ3v) is 2.20. The highest BCUT2D eigenvalue weighted by Gasteiger charge is 1.96. The normalized spacial score (nSPS) is 9.08. The molecule has 0 saturated carbocycles. The Hall–Kier alpha value is -4.08. The van der Waals surface area contributed by atoms with Crippen molar-refractivity contribution in [2.45, 2.75) is 0 Å². The van der Waals surface area contributed by atoms with E-state index in [4.69, 9.17) is 21.7 Å². The number of hydrogen-bond donors (Lipinski definition) is 4. The van der Waals surface area contributed by atoms with E-state index >= 15 is 0 Å². The van der Waals surface area contributed by atoms with E-state index in [2.05, 4.69) is 9.97 Å². The molecule has 2 rings (SSSR count). The molecule has 136 valence electrons. The first-order valence-corrected chi connectivity index (χ1v) is 6.79. The number of carboxylic acids is 2. The number of amides is 2. The molecule has 10 heteroatoms. The molecule has 0 aromatic carbocycles. The molecule has 0 radical (unpaired) electrons. The smallest absolute Gasteiger partial charge is 0.328 e. The molecule has 0 saturated heterocycles. The monoisotopic (exact) mass is 360 g/mol. The summed E-state index contributed by atoms with van der Waals surface area (Å²) >= 11 is 0. The lowest BCUT2D eigenvalue weighted by Gasteiger charge is -1.88. The zero-order chi connectivity index (χ0) is 19.9. The van der Waals surface area contributed by atoms with E-state index in [0.29, 0.717) is 23.5 Å². The number of nitrogens with zero attached hydrogens (tertiary/aromatic N) is 2. The molecule has 0 unspecified atom stereocenters. The highest BCUT2D eigenvalue weighted by molar-refractivity contribution is 5.91. The van der Waals surface area contributed by atoms with Crippen LogP contribution < -0.4 is 11.5 Å².